The van der Waals surface area contributed by atoms with Crippen molar-refractivity contribution in [3.05, 3.63) is 72.8 Å². The van der Waals surface area contributed by atoms with Crippen molar-refractivity contribution in [2.45, 2.75) is 0 Å². The molecule has 0 aliphatic rings. The van der Waals surface area contributed by atoms with Crippen LogP contribution in [0.15, 0.2) is 72.8 Å². The number of hydrogen-bond acceptors (Lipinski definition) is 4. The van der Waals surface area contributed by atoms with Crippen LogP contribution in [-0.2, 0) is 0 Å². The summed E-state index contributed by atoms with van der Waals surface area (Å²) >= 11 is 0. The standard InChI is InChI=1S/C34H24O4/c1-35-19-13-23-21-9-5-7-17-12-26-32-24(14-20(36-2)16-28(32)38-4)22-10-6-8-18-11-25(31(23)27(15-19)37-3)33(29(17)21)34(26)30(18)22/h5-16H,1-4H3. The first kappa shape index (κ1) is 21.4. The Morgan fingerprint density at radius 1 is 0.368 bits per heavy atom. The summed E-state index contributed by atoms with van der Waals surface area (Å²) in [7, 11) is 6.86. The maximum absolute atomic E-state index is 5.98. The van der Waals surface area contributed by atoms with Crippen LogP contribution in [-0.4, -0.2) is 28.4 Å². The van der Waals surface area contributed by atoms with Crippen molar-refractivity contribution in [3.63, 3.8) is 0 Å². The van der Waals surface area contributed by atoms with Crippen molar-refractivity contribution in [1.82, 2.24) is 0 Å². The van der Waals surface area contributed by atoms with Crippen molar-refractivity contribution < 1.29 is 18.9 Å². The Hall–Kier alpha value is -4.70. The number of rotatable bonds is 4. The average molecular weight is 497 g/mol. The van der Waals surface area contributed by atoms with Crippen molar-refractivity contribution in [1.29, 1.82) is 0 Å². The molecule has 0 spiro atoms. The zero-order valence-electron chi connectivity index (χ0n) is 21.6. The minimum atomic E-state index is 0.783. The lowest BCUT2D eigenvalue weighted by molar-refractivity contribution is 0.398. The van der Waals surface area contributed by atoms with Gasteiger partial charge in [0.25, 0.3) is 0 Å². The van der Waals surface area contributed by atoms with Gasteiger partial charge in [0.15, 0.2) is 0 Å². The fourth-order valence-electron chi connectivity index (χ4n) is 6.74. The first-order valence-corrected chi connectivity index (χ1v) is 12.7. The summed E-state index contributed by atoms with van der Waals surface area (Å²) in [6.45, 7) is 0. The fourth-order valence-corrected chi connectivity index (χ4v) is 6.74. The third-order valence-electron chi connectivity index (χ3n) is 8.26. The van der Waals surface area contributed by atoms with E-state index in [4.69, 9.17) is 18.9 Å². The Morgan fingerprint density at radius 2 is 0.816 bits per heavy atom. The van der Waals surface area contributed by atoms with Gasteiger partial charge in [0, 0.05) is 22.9 Å². The van der Waals surface area contributed by atoms with Gasteiger partial charge < -0.3 is 18.9 Å². The van der Waals surface area contributed by atoms with Gasteiger partial charge in [-0.25, -0.2) is 0 Å². The van der Waals surface area contributed by atoms with E-state index in [-0.39, 0.29) is 0 Å². The lowest BCUT2D eigenvalue weighted by Crippen LogP contribution is -1.96. The summed E-state index contributed by atoms with van der Waals surface area (Å²) in [4.78, 5) is 0. The highest BCUT2D eigenvalue weighted by atomic mass is 16.5. The molecule has 8 aromatic carbocycles. The second-order valence-corrected chi connectivity index (χ2v) is 9.91. The third-order valence-corrected chi connectivity index (χ3v) is 8.26. The highest BCUT2D eigenvalue weighted by Gasteiger charge is 2.24. The molecule has 8 rings (SSSR count). The predicted octanol–water partition coefficient (Wildman–Crippen LogP) is 8.67. The molecular formula is C34H24O4. The van der Waals surface area contributed by atoms with E-state index in [1.165, 1.54) is 53.9 Å². The van der Waals surface area contributed by atoms with Crippen molar-refractivity contribution in [2.24, 2.45) is 0 Å². The Morgan fingerprint density at radius 3 is 1.21 bits per heavy atom. The normalized spacial score (nSPS) is 12.2. The van der Waals surface area contributed by atoms with Gasteiger partial charge in [-0.2, -0.15) is 0 Å². The van der Waals surface area contributed by atoms with Gasteiger partial charge in [0.2, 0.25) is 0 Å². The minimum Gasteiger partial charge on any atom is -0.497 e. The van der Waals surface area contributed by atoms with Crippen LogP contribution in [0.2, 0.25) is 0 Å². The lowest BCUT2D eigenvalue weighted by Gasteiger charge is -2.22. The molecule has 0 saturated carbocycles. The van der Waals surface area contributed by atoms with E-state index in [1.54, 1.807) is 28.4 Å². The molecule has 0 radical (unpaired) electrons. The molecule has 4 heteroatoms. The molecule has 38 heavy (non-hydrogen) atoms. The molecule has 0 unspecified atom stereocenters. The van der Waals surface area contributed by atoms with Gasteiger partial charge >= 0.3 is 0 Å². The summed E-state index contributed by atoms with van der Waals surface area (Å²) in [5.74, 6) is 3.18. The van der Waals surface area contributed by atoms with E-state index in [9.17, 15) is 0 Å². The Labute approximate surface area is 218 Å². The lowest BCUT2D eigenvalue weighted by atomic mass is 9.82. The first-order valence-electron chi connectivity index (χ1n) is 12.7. The largest absolute Gasteiger partial charge is 0.497 e. The second-order valence-electron chi connectivity index (χ2n) is 9.91. The second kappa shape index (κ2) is 7.42. The molecule has 0 saturated heterocycles. The van der Waals surface area contributed by atoms with Crippen LogP contribution >= 0.6 is 0 Å². The average Bonchev–Trinajstić information content (AvgIpc) is 2.97. The summed E-state index contributed by atoms with van der Waals surface area (Å²) in [6.07, 6.45) is 0. The number of ether oxygens (including phenoxy) is 4. The number of methoxy groups -OCH3 is 4. The Balaban J connectivity index is 1.78. The fraction of sp³-hybridized carbons (Fsp3) is 0.118. The molecule has 0 bridgehead atoms. The molecule has 8 aromatic rings. The number of fused-ring (bicyclic) bond motifs is 6. The maximum atomic E-state index is 5.98. The SMILES string of the molecule is COc1cc(OC)c2c(c1)c1cccc3cc4c5c(OC)cc(OC)cc5c5cccc6cc2c(c31)c4c65. The van der Waals surface area contributed by atoms with Crippen LogP contribution in [0, 0.1) is 0 Å². The molecule has 0 aliphatic heterocycles. The molecule has 0 N–H and O–H groups in total. The molecule has 0 aliphatic carbocycles. The van der Waals surface area contributed by atoms with Crippen LogP contribution in [0.4, 0.5) is 0 Å². The smallest absolute Gasteiger partial charge is 0.131 e. The summed E-state index contributed by atoms with van der Waals surface area (Å²) in [6, 6.07) is 26.0. The van der Waals surface area contributed by atoms with Gasteiger partial charge in [-0.1, -0.05) is 36.4 Å². The number of hydrogen-bond donors (Lipinski definition) is 0. The van der Waals surface area contributed by atoms with Crippen molar-refractivity contribution >= 4 is 75.4 Å². The van der Waals surface area contributed by atoms with Gasteiger partial charge in [-0.3, -0.25) is 0 Å². The molecule has 0 fully saturated rings. The van der Waals surface area contributed by atoms with Crippen LogP contribution in [0.5, 0.6) is 23.0 Å². The minimum absolute atomic E-state index is 0.783. The highest BCUT2D eigenvalue weighted by Crippen LogP contribution is 2.52. The van der Waals surface area contributed by atoms with Crippen LogP contribution in [0.25, 0.3) is 75.4 Å². The monoisotopic (exact) mass is 496 g/mol. The Bertz CT molecular complexity index is 2070. The van der Waals surface area contributed by atoms with Gasteiger partial charge in [-0.05, 0) is 88.9 Å². The van der Waals surface area contributed by atoms with E-state index >= 15 is 0 Å². The predicted molar refractivity (Wildman–Crippen MR) is 158 cm³/mol. The molecule has 4 nitrogen and oxygen atoms in total. The summed E-state index contributed by atoms with van der Waals surface area (Å²) in [5, 5.41) is 16.6. The van der Waals surface area contributed by atoms with Crippen molar-refractivity contribution in [3.8, 4) is 23.0 Å². The van der Waals surface area contributed by atoms with E-state index in [0.29, 0.717) is 0 Å². The number of benzene rings is 8. The molecule has 0 atom stereocenters. The first-order chi connectivity index (χ1) is 18.7. The van der Waals surface area contributed by atoms with Gasteiger partial charge in [-0.15, -0.1) is 0 Å². The highest BCUT2D eigenvalue weighted by molar-refractivity contribution is 6.46. The van der Waals surface area contributed by atoms with E-state index in [2.05, 4.69) is 60.7 Å². The van der Waals surface area contributed by atoms with Crippen molar-refractivity contribution in [2.75, 3.05) is 28.4 Å². The summed E-state index contributed by atoms with van der Waals surface area (Å²) in [5.41, 5.74) is 0. The molecule has 0 heterocycles. The van der Waals surface area contributed by atoms with Crippen LogP contribution in [0.3, 0.4) is 0 Å². The van der Waals surface area contributed by atoms with Gasteiger partial charge in [0.1, 0.15) is 23.0 Å². The van der Waals surface area contributed by atoms with Gasteiger partial charge in [0.05, 0.1) is 28.4 Å². The zero-order chi connectivity index (χ0) is 25.7. The molecular weight excluding hydrogens is 472 g/mol. The molecule has 184 valence electrons. The zero-order valence-corrected chi connectivity index (χ0v) is 21.6. The van der Waals surface area contributed by atoms with E-state index < -0.39 is 0 Å². The molecule has 0 aromatic heterocycles. The van der Waals surface area contributed by atoms with Crippen LogP contribution < -0.4 is 18.9 Å². The maximum Gasteiger partial charge on any atom is 0.131 e. The Kier molecular flexibility index (Phi) is 4.18. The van der Waals surface area contributed by atoms with E-state index in [0.717, 1.165) is 44.5 Å². The van der Waals surface area contributed by atoms with Crippen LogP contribution in [0.1, 0.15) is 0 Å². The quantitative estimate of drug-likeness (QED) is 0.180. The topological polar surface area (TPSA) is 36.9 Å². The summed E-state index contributed by atoms with van der Waals surface area (Å²) < 4.78 is 23.3. The van der Waals surface area contributed by atoms with E-state index in [1.807, 2.05) is 12.1 Å². The molecule has 0 amide bonds. The third kappa shape index (κ3) is 2.50.